The maximum atomic E-state index is 13.0. The van der Waals surface area contributed by atoms with Crippen molar-refractivity contribution in [3.63, 3.8) is 0 Å². The van der Waals surface area contributed by atoms with E-state index in [1.165, 1.54) is 29.3 Å². The van der Waals surface area contributed by atoms with Gasteiger partial charge in [0.2, 0.25) is 0 Å². The molecule has 27 heavy (non-hydrogen) atoms. The summed E-state index contributed by atoms with van der Waals surface area (Å²) in [6.45, 7) is 0. The van der Waals surface area contributed by atoms with E-state index in [-0.39, 0.29) is 5.56 Å². The molecule has 7 heteroatoms. The molecule has 0 N–H and O–H groups in total. The smallest absolute Gasteiger partial charge is 0.275 e. The molecule has 4 rings (SSSR count). The van der Waals surface area contributed by atoms with Gasteiger partial charge in [0.1, 0.15) is 18.1 Å². The molecule has 0 atom stereocenters. The van der Waals surface area contributed by atoms with Gasteiger partial charge in [-0.25, -0.2) is 4.98 Å². The van der Waals surface area contributed by atoms with Crippen LogP contribution in [0.3, 0.4) is 0 Å². The fraction of sp³-hybridized carbons (Fsp3) is 0.0500. The number of rotatable bonds is 4. The first kappa shape index (κ1) is 17.6. The highest BCUT2D eigenvalue weighted by Gasteiger charge is 2.13. The number of hydrogen-bond donors (Lipinski definition) is 0. The molecule has 0 bridgehead atoms. The maximum Gasteiger partial charge on any atom is 0.275 e. The van der Waals surface area contributed by atoms with Crippen LogP contribution in [0.25, 0.3) is 26.3 Å². The summed E-state index contributed by atoms with van der Waals surface area (Å²) in [6.07, 6.45) is 1.52. The second-order valence-electron chi connectivity index (χ2n) is 5.73. The van der Waals surface area contributed by atoms with Crippen LogP contribution in [0, 0.1) is 7.11 Å². The third-order valence-corrected chi connectivity index (χ3v) is 5.56. The minimum absolute atomic E-state index is 0.143. The van der Waals surface area contributed by atoms with Gasteiger partial charge in [0.05, 0.1) is 18.3 Å². The van der Waals surface area contributed by atoms with Crippen molar-refractivity contribution in [1.29, 1.82) is 0 Å². The van der Waals surface area contributed by atoms with Crippen LogP contribution in [-0.4, -0.2) is 16.7 Å². The molecule has 5 nitrogen and oxygen atoms in total. The van der Waals surface area contributed by atoms with Crippen molar-refractivity contribution in [2.45, 2.75) is 0 Å². The van der Waals surface area contributed by atoms with Crippen molar-refractivity contribution in [3.8, 4) is 27.6 Å². The number of halogens is 1. The van der Waals surface area contributed by atoms with Crippen molar-refractivity contribution in [2.75, 3.05) is 7.11 Å². The van der Waals surface area contributed by atoms with Gasteiger partial charge in [-0.15, -0.1) is 11.3 Å². The quantitative estimate of drug-likeness (QED) is 0.489. The van der Waals surface area contributed by atoms with Gasteiger partial charge in [0.25, 0.3) is 5.56 Å². The minimum atomic E-state index is -0.143. The molecule has 0 aliphatic carbocycles. The number of fused-ring (bicyclic) bond motifs is 1. The van der Waals surface area contributed by atoms with Gasteiger partial charge in [-0.2, -0.15) is 0 Å². The molecule has 0 amide bonds. The van der Waals surface area contributed by atoms with Gasteiger partial charge in [-0.1, -0.05) is 23.7 Å². The van der Waals surface area contributed by atoms with E-state index in [0.717, 1.165) is 10.4 Å². The van der Waals surface area contributed by atoms with E-state index in [1.54, 1.807) is 18.2 Å². The van der Waals surface area contributed by atoms with Crippen LogP contribution in [0.2, 0.25) is 5.02 Å². The summed E-state index contributed by atoms with van der Waals surface area (Å²) >= 11 is 7.36. The highest BCUT2D eigenvalue weighted by Crippen LogP contribution is 2.32. The number of ether oxygens (including phenoxy) is 2. The highest BCUT2D eigenvalue weighted by molar-refractivity contribution is 7.22. The van der Waals surface area contributed by atoms with E-state index in [2.05, 4.69) is 12.1 Å². The number of hydrogen-bond acceptors (Lipinski definition) is 5. The first-order valence-electron chi connectivity index (χ1n) is 7.98. The molecule has 0 unspecified atom stereocenters. The van der Waals surface area contributed by atoms with Gasteiger partial charge >= 0.3 is 0 Å². The van der Waals surface area contributed by atoms with Crippen LogP contribution in [0.5, 0.6) is 11.5 Å². The standard InChI is InChI=1S/C20H14ClN2O3S/c1-25-16-8-7-14(9-17(16)26-2)23-11-22-15-10-18(27-19(15)20(23)24)12-3-5-13(21)6-4-12/h3-11H,1H2,2H3. The van der Waals surface area contributed by atoms with E-state index in [4.69, 9.17) is 21.1 Å². The average Bonchev–Trinajstić information content (AvgIpc) is 3.13. The van der Waals surface area contributed by atoms with E-state index in [0.29, 0.717) is 32.4 Å². The molecule has 2 aromatic heterocycles. The van der Waals surface area contributed by atoms with Crippen molar-refractivity contribution in [2.24, 2.45) is 0 Å². The summed E-state index contributed by atoms with van der Waals surface area (Å²) in [5.41, 5.74) is 2.15. The lowest BCUT2D eigenvalue weighted by molar-refractivity contribution is 0.375. The molecule has 0 aliphatic heterocycles. The topological polar surface area (TPSA) is 53.4 Å². The van der Waals surface area contributed by atoms with Crippen molar-refractivity contribution in [3.05, 3.63) is 77.3 Å². The molecule has 0 spiro atoms. The molecule has 2 aromatic carbocycles. The summed E-state index contributed by atoms with van der Waals surface area (Å²) in [7, 11) is 4.93. The van der Waals surface area contributed by atoms with E-state index in [1.807, 2.05) is 30.3 Å². The SMILES string of the molecule is [CH2]Oc1ccc(-n2cnc3cc(-c4ccc(Cl)cc4)sc3c2=O)cc1OC. The predicted octanol–water partition coefficient (Wildman–Crippen LogP) is 4.95. The molecule has 2 heterocycles. The van der Waals surface area contributed by atoms with E-state index < -0.39 is 0 Å². The number of aromatic nitrogens is 2. The molecule has 4 aromatic rings. The van der Waals surface area contributed by atoms with Crippen LogP contribution in [0.1, 0.15) is 0 Å². The molecule has 0 aliphatic rings. The van der Waals surface area contributed by atoms with E-state index >= 15 is 0 Å². The van der Waals surface area contributed by atoms with Crippen molar-refractivity contribution < 1.29 is 9.47 Å². The van der Waals surface area contributed by atoms with Gasteiger partial charge in [-0.3, -0.25) is 9.36 Å². The lowest BCUT2D eigenvalue weighted by Crippen LogP contribution is -2.17. The van der Waals surface area contributed by atoms with Gasteiger partial charge in [-0.05, 0) is 35.9 Å². The van der Waals surface area contributed by atoms with Gasteiger partial charge < -0.3 is 9.47 Å². The Bertz CT molecular complexity index is 1180. The fourth-order valence-electron chi connectivity index (χ4n) is 2.78. The summed E-state index contributed by atoms with van der Waals surface area (Å²) in [4.78, 5) is 18.4. The van der Waals surface area contributed by atoms with E-state index in [9.17, 15) is 4.79 Å². The number of benzene rings is 2. The Labute approximate surface area is 164 Å². The van der Waals surface area contributed by atoms with Gasteiger partial charge in [0.15, 0.2) is 11.5 Å². The van der Waals surface area contributed by atoms with Crippen LogP contribution >= 0.6 is 22.9 Å². The monoisotopic (exact) mass is 397 g/mol. The van der Waals surface area contributed by atoms with Crippen molar-refractivity contribution in [1.82, 2.24) is 9.55 Å². The first-order valence-corrected chi connectivity index (χ1v) is 9.17. The Balaban J connectivity index is 1.83. The largest absolute Gasteiger partial charge is 0.493 e. The summed E-state index contributed by atoms with van der Waals surface area (Å²) in [6, 6.07) is 14.6. The Morgan fingerprint density at radius 1 is 1.11 bits per heavy atom. The summed E-state index contributed by atoms with van der Waals surface area (Å²) in [5.74, 6) is 0.979. The molecule has 0 saturated carbocycles. The molecular weight excluding hydrogens is 384 g/mol. The third-order valence-electron chi connectivity index (χ3n) is 4.15. The lowest BCUT2D eigenvalue weighted by atomic mass is 10.2. The van der Waals surface area contributed by atoms with Crippen LogP contribution in [0.4, 0.5) is 0 Å². The van der Waals surface area contributed by atoms with Crippen LogP contribution in [-0.2, 0) is 0 Å². The second-order valence-corrected chi connectivity index (χ2v) is 7.22. The molecule has 135 valence electrons. The third kappa shape index (κ3) is 3.18. The Kier molecular flexibility index (Phi) is 4.59. The number of thiophene rings is 1. The maximum absolute atomic E-state index is 13.0. The Hall–Kier alpha value is -2.83. The zero-order valence-electron chi connectivity index (χ0n) is 14.3. The zero-order chi connectivity index (χ0) is 19.0. The molecule has 0 saturated heterocycles. The fourth-order valence-corrected chi connectivity index (χ4v) is 3.95. The second kappa shape index (κ2) is 7.06. The lowest BCUT2D eigenvalue weighted by Gasteiger charge is -2.10. The van der Waals surface area contributed by atoms with Crippen molar-refractivity contribution >= 4 is 33.2 Å². The normalized spacial score (nSPS) is 10.9. The molecule has 1 radical (unpaired) electrons. The highest BCUT2D eigenvalue weighted by atomic mass is 35.5. The predicted molar refractivity (Wildman–Crippen MR) is 108 cm³/mol. The van der Waals surface area contributed by atoms with Crippen LogP contribution in [0.15, 0.2) is 59.7 Å². The summed E-state index contributed by atoms with van der Waals surface area (Å²) < 4.78 is 12.4. The summed E-state index contributed by atoms with van der Waals surface area (Å²) in [5, 5.41) is 0.670. The first-order chi connectivity index (χ1) is 13.1. The van der Waals surface area contributed by atoms with Crippen LogP contribution < -0.4 is 15.0 Å². The van der Waals surface area contributed by atoms with Gasteiger partial charge in [0, 0.05) is 16.0 Å². The average molecular weight is 398 g/mol. The zero-order valence-corrected chi connectivity index (χ0v) is 15.9. The minimum Gasteiger partial charge on any atom is -0.493 e. The molecular formula is C20H14ClN2O3S. The number of nitrogens with zero attached hydrogens (tertiary/aromatic N) is 2. The Morgan fingerprint density at radius 3 is 2.59 bits per heavy atom. The number of methoxy groups -OCH3 is 1. The Morgan fingerprint density at radius 2 is 1.89 bits per heavy atom. The molecule has 0 fully saturated rings.